The van der Waals surface area contributed by atoms with Crippen molar-refractivity contribution >= 4 is 21.6 Å². The van der Waals surface area contributed by atoms with Crippen LogP contribution >= 0.6 is 11.6 Å². The van der Waals surface area contributed by atoms with Gasteiger partial charge in [-0.2, -0.15) is 5.26 Å². The van der Waals surface area contributed by atoms with Crippen molar-refractivity contribution < 1.29 is 8.42 Å². The third-order valence-electron chi connectivity index (χ3n) is 3.11. The number of rotatable bonds is 3. The van der Waals surface area contributed by atoms with Gasteiger partial charge in [0, 0.05) is 6.04 Å². The highest BCUT2D eigenvalue weighted by Gasteiger charge is 2.31. The highest BCUT2D eigenvalue weighted by Crippen LogP contribution is 2.27. The van der Waals surface area contributed by atoms with E-state index < -0.39 is 10.0 Å². The molecule has 4 nitrogen and oxygen atoms in total. The van der Waals surface area contributed by atoms with E-state index in [4.69, 9.17) is 16.9 Å². The minimum atomic E-state index is -3.65. The van der Waals surface area contributed by atoms with Crippen molar-refractivity contribution in [2.24, 2.45) is 5.92 Å². The molecule has 6 heteroatoms. The first-order chi connectivity index (χ1) is 8.54. The van der Waals surface area contributed by atoms with Crippen molar-refractivity contribution in [3.63, 3.8) is 0 Å². The zero-order valence-electron chi connectivity index (χ0n) is 9.64. The van der Waals surface area contributed by atoms with E-state index in [1.807, 2.05) is 0 Å². The van der Waals surface area contributed by atoms with E-state index in [2.05, 4.69) is 10.8 Å². The maximum Gasteiger partial charge on any atom is 0.242 e. The van der Waals surface area contributed by atoms with Gasteiger partial charge in [-0.25, -0.2) is 13.1 Å². The topological polar surface area (TPSA) is 70.0 Å². The summed E-state index contributed by atoms with van der Waals surface area (Å²) in [5.41, 5.74) is 0. The van der Waals surface area contributed by atoms with Crippen LogP contribution in [0.15, 0.2) is 29.2 Å². The van der Waals surface area contributed by atoms with Gasteiger partial charge in [0.25, 0.3) is 0 Å². The first kappa shape index (κ1) is 13.3. The molecule has 0 aliphatic heterocycles. The lowest BCUT2D eigenvalue weighted by molar-refractivity contribution is 0.515. The Morgan fingerprint density at radius 2 is 2.06 bits per heavy atom. The van der Waals surface area contributed by atoms with Crippen LogP contribution in [-0.2, 0) is 10.0 Å². The van der Waals surface area contributed by atoms with Crippen LogP contribution in [0.5, 0.6) is 0 Å². The third kappa shape index (κ3) is 2.66. The van der Waals surface area contributed by atoms with Gasteiger partial charge in [0.15, 0.2) is 0 Å². The van der Waals surface area contributed by atoms with Gasteiger partial charge in [-0.3, -0.25) is 0 Å². The van der Waals surface area contributed by atoms with E-state index in [1.165, 1.54) is 12.1 Å². The SMILES string of the molecule is N#CC1CCCC1NS(=O)(=O)c1ccccc1Cl. The molecular weight excluding hydrogens is 272 g/mol. The fourth-order valence-electron chi connectivity index (χ4n) is 2.18. The average Bonchev–Trinajstić information content (AvgIpc) is 2.76. The van der Waals surface area contributed by atoms with Crippen LogP contribution in [0.4, 0.5) is 0 Å². The smallest absolute Gasteiger partial charge is 0.207 e. The van der Waals surface area contributed by atoms with Crippen molar-refractivity contribution in [1.29, 1.82) is 5.26 Å². The summed E-state index contributed by atoms with van der Waals surface area (Å²) in [6, 6.07) is 8.12. The Bertz CT molecular complexity index is 580. The Morgan fingerprint density at radius 1 is 1.33 bits per heavy atom. The summed E-state index contributed by atoms with van der Waals surface area (Å²) in [6.45, 7) is 0. The summed E-state index contributed by atoms with van der Waals surface area (Å²) in [4.78, 5) is 0.0651. The van der Waals surface area contributed by atoms with Gasteiger partial charge < -0.3 is 0 Å². The minimum absolute atomic E-state index is 0.0651. The summed E-state index contributed by atoms with van der Waals surface area (Å²) in [6.07, 6.45) is 2.31. The lowest BCUT2D eigenvalue weighted by Gasteiger charge is -2.16. The highest BCUT2D eigenvalue weighted by molar-refractivity contribution is 7.89. The zero-order valence-corrected chi connectivity index (χ0v) is 11.2. The fraction of sp³-hybridized carbons (Fsp3) is 0.417. The number of hydrogen-bond acceptors (Lipinski definition) is 3. The molecule has 1 saturated carbocycles. The summed E-state index contributed by atoms with van der Waals surface area (Å²) in [7, 11) is -3.65. The molecule has 0 amide bonds. The maximum atomic E-state index is 12.2. The predicted molar refractivity (Wildman–Crippen MR) is 68.5 cm³/mol. The van der Waals surface area contributed by atoms with Gasteiger partial charge in [0.05, 0.1) is 17.0 Å². The Balaban J connectivity index is 2.23. The minimum Gasteiger partial charge on any atom is -0.207 e. The maximum absolute atomic E-state index is 12.2. The lowest BCUT2D eigenvalue weighted by atomic mass is 10.1. The Labute approximate surface area is 112 Å². The molecule has 0 saturated heterocycles. The molecule has 1 aliphatic carbocycles. The first-order valence-corrected chi connectivity index (χ1v) is 7.57. The van der Waals surface area contributed by atoms with E-state index in [1.54, 1.807) is 12.1 Å². The quantitative estimate of drug-likeness (QED) is 0.926. The van der Waals surface area contributed by atoms with Gasteiger partial charge in [-0.15, -0.1) is 0 Å². The van der Waals surface area contributed by atoms with Crippen LogP contribution in [0.25, 0.3) is 0 Å². The molecule has 1 fully saturated rings. The molecule has 0 heterocycles. The number of nitriles is 1. The average molecular weight is 285 g/mol. The number of benzene rings is 1. The molecule has 1 aromatic carbocycles. The van der Waals surface area contributed by atoms with Crippen molar-refractivity contribution in [2.45, 2.75) is 30.2 Å². The summed E-state index contributed by atoms with van der Waals surface area (Å²) in [5.74, 6) is -0.248. The molecule has 2 rings (SSSR count). The molecule has 0 radical (unpaired) electrons. The molecule has 96 valence electrons. The largest absolute Gasteiger partial charge is 0.242 e. The van der Waals surface area contributed by atoms with Gasteiger partial charge in [-0.1, -0.05) is 30.2 Å². The third-order valence-corrected chi connectivity index (χ3v) is 5.10. The first-order valence-electron chi connectivity index (χ1n) is 5.71. The van der Waals surface area contributed by atoms with Crippen molar-refractivity contribution in [2.75, 3.05) is 0 Å². The van der Waals surface area contributed by atoms with Crippen LogP contribution in [0.3, 0.4) is 0 Å². The number of sulfonamides is 1. The van der Waals surface area contributed by atoms with Gasteiger partial charge >= 0.3 is 0 Å². The number of halogens is 1. The molecule has 1 aromatic rings. The van der Waals surface area contributed by atoms with Crippen LogP contribution in [-0.4, -0.2) is 14.5 Å². The Kier molecular flexibility index (Phi) is 3.91. The molecule has 1 N–H and O–H groups in total. The standard InChI is InChI=1S/C12H13ClN2O2S/c13-10-5-1-2-7-12(10)18(16,17)15-11-6-3-4-9(11)8-14/h1-2,5,7,9,11,15H,3-4,6H2. The molecule has 0 aromatic heterocycles. The van der Waals surface area contributed by atoms with Crippen LogP contribution in [0, 0.1) is 17.2 Å². The van der Waals surface area contributed by atoms with Gasteiger partial charge in [0.1, 0.15) is 4.90 Å². The van der Waals surface area contributed by atoms with E-state index in [-0.39, 0.29) is 21.9 Å². The molecule has 2 unspecified atom stereocenters. The molecular formula is C12H13ClN2O2S. The van der Waals surface area contributed by atoms with Crippen molar-refractivity contribution in [3.8, 4) is 6.07 Å². The molecule has 0 spiro atoms. The predicted octanol–water partition coefficient (Wildman–Crippen LogP) is 2.31. The lowest BCUT2D eigenvalue weighted by Crippen LogP contribution is -2.36. The van der Waals surface area contributed by atoms with E-state index in [0.717, 1.165) is 12.8 Å². The van der Waals surface area contributed by atoms with E-state index in [9.17, 15) is 8.42 Å². The van der Waals surface area contributed by atoms with Gasteiger partial charge in [0.2, 0.25) is 10.0 Å². The second-order valence-electron chi connectivity index (χ2n) is 4.32. The van der Waals surface area contributed by atoms with E-state index in [0.29, 0.717) is 6.42 Å². The monoisotopic (exact) mass is 284 g/mol. The van der Waals surface area contributed by atoms with Crippen LogP contribution in [0.1, 0.15) is 19.3 Å². The number of hydrogen-bond donors (Lipinski definition) is 1. The summed E-state index contributed by atoms with van der Waals surface area (Å²) >= 11 is 5.88. The van der Waals surface area contributed by atoms with Crippen LogP contribution < -0.4 is 4.72 Å². The zero-order chi connectivity index (χ0) is 13.2. The molecule has 2 atom stereocenters. The molecule has 0 bridgehead atoms. The number of nitrogens with one attached hydrogen (secondary N) is 1. The summed E-state index contributed by atoms with van der Waals surface area (Å²) < 4.78 is 26.9. The van der Waals surface area contributed by atoms with E-state index >= 15 is 0 Å². The molecule has 18 heavy (non-hydrogen) atoms. The van der Waals surface area contributed by atoms with Gasteiger partial charge in [-0.05, 0) is 25.0 Å². The Morgan fingerprint density at radius 3 is 2.72 bits per heavy atom. The van der Waals surface area contributed by atoms with Crippen LogP contribution in [0.2, 0.25) is 5.02 Å². The highest BCUT2D eigenvalue weighted by atomic mass is 35.5. The Hall–Kier alpha value is -1.09. The summed E-state index contributed by atoms with van der Waals surface area (Å²) in [5, 5.41) is 9.14. The van der Waals surface area contributed by atoms with Crippen molar-refractivity contribution in [1.82, 2.24) is 4.72 Å². The second kappa shape index (κ2) is 5.27. The van der Waals surface area contributed by atoms with Crippen molar-refractivity contribution in [3.05, 3.63) is 29.3 Å². The molecule has 1 aliphatic rings. The normalized spacial score (nSPS) is 23.8. The fourth-order valence-corrected chi connectivity index (χ4v) is 4.01. The number of nitrogens with zero attached hydrogens (tertiary/aromatic N) is 1. The second-order valence-corrected chi connectivity index (χ2v) is 6.41.